The van der Waals surface area contributed by atoms with Crippen molar-refractivity contribution in [2.45, 2.75) is 24.5 Å². The summed E-state index contributed by atoms with van der Waals surface area (Å²) >= 11 is 0. The zero-order chi connectivity index (χ0) is 19.0. The van der Waals surface area contributed by atoms with Gasteiger partial charge in [0.15, 0.2) is 17.6 Å². The van der Waals surface area contributed by atoms with Crippen LogP contribution in [0.5, 0.6) is 28.7 Å². The van der Waals surface area contributed by atoms with E-state index in [2.05, 4.69) is 4.74 Å². The predicted molar refractivity (Wildman–Crippen MR) is 88.3 cm³/mol. The Balaban J connectivity index is 2.09. The number of methoxy groups -OCH3 is 1. The van der Waals surface area contributed by atoms with Crippen LogP contribution in [-0.2, 0) is 9.53 Å². The number of rotatable bonds is 3. The number of phenolic OH excluding ortho intramolecular Hbond substituents is 4. The molecule has 138 valence electrons. The van der Waals surface area contributed by atoms with E-state index >= 15 is 0 Å². The second-order valence-corrected chi connectivity index (χ2v) is 6.04. The number of esters is 1. The van der Waals surface area contributed by atoms with Gasteiger partial charge in [-0.1, -0.05) is 6.07 Å². The number of carbonyl (C=O) groups excluding carboxylic acids is 1. The third-order valence-corrected chi connectivity index (χ3v) is 4.39. The molecule has 26 heavy (non-hydrogen) atoms. The molecule has 3 unspecified atom stereocenters. The normalized spacial score (nSPS) is 21.5. The van der Waals surface area contributed by atoms with Crippen molar-refractivity contribution < 1.29 is 39.8 Å². The van der Waals surface area contributed by atoms with Crippen LogP contribution < -0.4 is 4.74 Å². The van der Waals surface area contributed by atoms with E-state index in [-0.39, 0.29) is 35.0 Å². The first-order valence-corrected chi connectivity index (χ1v) is 7.81. The summed E-state index contributed by atoms with van der Waals surface area (Å²) in [5.41, 5.74) is 0.524. The number of hydrogen-bond acceptors (Lipinski definition) is 8. The third kappa shape index (κ3) is 3.06. The van der Waals surface area contributed by atoms with Gasteiger partial charge in [-0.25, -0.2) is 0 Å². The van der Waals surface area contributed by atoms with E-state index in [1.807, 2.05) is 0 Å². The first-order valence-electron chi connectivity index (χ1n) is 7.81. The summed E-state index contributed by atoms with van der Waals surface area (Å²) in [4.78, 5) is 11.8. The predicted octanol–water partition coefficient (Wildman–Crippen LogP) is 1.65. The van der Waals surface area contributed by atoms with Gasteiger partial charge in [-0.05, 0) is 17.7 Å². The van der Waals surface area contributed by atoms with E-state index in [9.17, 15) is 30.3 Å². The second-order valence-electron chi connectivity index (χ2n) is 6.04. The average Bonchev–Trinajstić information content (AvgIpc) is 2.59. The Kier molecular flexibility index (Phi) is 4.52. The topological polar surface area (TPSA) is 137 Å². The van der Waals surface area contributed by atoms with Crippen LogP contribution in [-0.4, -0.2) is 44.7 Å². The van der Waals surface area contributed by atoms with Crippen molar-refractivity contribution in [1.29, 1.82) is 0 Å². The number of carbonyl (C=O) groups is 1. The lowest BCUT2D eigenvalue weighted by Crippen LogP contribution is -2.35. The van der Waals surface area contributed by atoms with E-state index in [0.29, 0.717) is 5.56 Å². The fourth-order valence-corrected chi connectivity index (χ4v) is 3.12. The Hall–Kier alpha value is -3.13. The fraction of sp³-hybridized carbons (Fsp3) is 0.278. The van der Waals surface area contributed by atoms with Gasteiger partial charge < -0.3 is 35.0 Å². The first-order chi connectivity index (χ1) is 12.3. The minimum Gasteiger partial charge on any atom is -0.508 e. The molecular formula is C18H18O8. The number of phenols is 4. The van der Waals surface area contributed by atoms with Gasteiger partial charge >= 0.3 is 5.97 Å². The smallest absolute Gasteiger partial charge is 0.306 e. The standard InChI is InChI=1S/C18H18O8/c1-25-15(23)7-10-16-13(22)5-9(19)6-14(16)26-18(17(10)24)8-2-3-11(20)12(21)4-8/h2-6,10,17-22,24H,7H2,1H3. The van der Waals surface area contributed by atoms with Crippen LogP contribution in [0.1, 0.15) is 29.6 Å². The molecule has 1 aliphatic heterocycles. The highest BCUT2D eigenvalue weighted by Gasteiger charge is 2.41. The summed E-state index contributed by atoms with van der Waals surface area (Å²) in [6.45, 7) is 0. The van der Waals surface area contributed by atoms with Gasteiger partial charge in [0.1, 0.15) is 23.4 Å². The molecule has 8 heteroatoms. The maximum absolute atomic E-state index is 11.8. The molecule has 0 saturated carbocycles. The molecule has 1 heterocycles. The van der Waals surface area contributed by atoms with E-state index < -0.39 is 29.8 Å². The lowest BCUT2D eigenvalue weighted by molar-refractivity contribution is -0.142. The Morgan fingerprint density at radius 1 is 1.08 bits per heavy atom. The highest BCUT2D eigenvalue weighted by Crippen LogP contribution is 2.49. The number of aliphatic hydroxyl groups is 1. The molecule has 8 nitrogen and oxygen atoms in total. The van der Waals surface area contributed by atoms with Crippen LogP contribution >= 0.6 is 0 Å². The van der Waals surface area contributed by atoms with Gasteiger partial charge in [0.05, 0.1) is 13.5 Å². The van der Waals surface area contributed by atoms with Crippen molar-refractivity contribution in [1.82, 2.24) is 0 Å². The summed E-state index contributed by atoms with van der Waals surface area (Å²) in [7, 11) is 1.21. The van der Waals surface area contributed by atoms with Crippen LogP contribution in [0.3, 0.4) is 0 Å². The molecule has 3 rings (SSSR count). The van der Waals surface area contributed by atoms with Crippen molar-refractivity contribution in [2.75, 3.05) is 7.11 Å². The third-order valence-electron chi connectivity index (χ3n) is 4.39. The molecule has 0 saturated heterocycles. The van der Waals surface area contributed by atoms with Gasteiger partial charge in [-0.2, -0.15) is 0 Å². The summed E-state index contributed by atoms with van der Waals surface area (Å²) in [6.07, 6.45) is -2.50. The van der Waals surface area contributed by atoms with E-state index in [1.165, 1.54) is 31.4 Å². The Bertz CT molecular complexity index is 847. The molecule has 0 spiro atoms. The van der Waals surface area contributed by atoms with Crippen LogP contribution in [0, 0.1) is 0 Å². The monoisotopic (exact) mass is 362 g/mol. The van der Waals surface area contributed by atoms with Crippen LogP contribution in [0.2, 0.25) is 0 Å². The van der Waals surface area contributed by atoms with Crippen LogP contribution in [0.4, 0.5) is 0 Å². The van der Waals surface area contributed by atoms with Gasteiger partial charge in [0, 0.05) is 23.6 Å². The number of ether oxygens (including phenoxy) is 2. The first kappa shape index (κ1) is 17.7. The molecule has 2 aromatic rings. The van der Waals surface area contributed by atoms with Gasteiger partial charge in [-0.15, -0.1) is 0 Å². The number of fused-ring (bicyclic) bond motifs is 1. The van der Waals surface area contributed by atoms with Crippen molar-refractivity contribution >= 4 is 5.97 Å². The molecular weight excluding hydrogens is 344 g/mol. The summed E-state index contributed by atoms with van der Waals surface area (Å²) < 4.78 is 10.4. The minimum absolute atomic E-state index is 0.0965. The molecule has 5 N–H and O–H groups in total. The fourth-order valence-electron chi connectivity index (χ4n) is 3.12. The number of aromatic hydroxyl groups is 4. The molecule has 0 amide bonds. The zero-order valence-electron chi connectivity index (χ0n) is 13.8. The highest BCUT2D eigenvalue weighted by atomic mass is 16.5. The van der Waals surface area contributed by atoms with Crippen LogP contribution in [0.25, 0.3) is 0 Å². The van der Waals surface area contributed by atoms with Gasteiger partial charge in [-0.3, -0.25) is 4.79 Å². The zero-order valence-corrected chi connectivity index (χ0v) is 13.8. The van der Waals surface area contributed by atoms with E-state index in [0.717, 1.165) is 6.07 Å². The second kappa shape index (κ2) is 6.64. The number of aliphatic hydroxyl groups excluding tert-OH is 1. The Morgan fingerprint density at radius 3 is 2.46 bits per heavy atom. The quantitative estimate of drug-likeness (QED) is 0.411. The number of benzene rings is 2. The molecule has 0 radical (unpaired) electrons. The van der Waals surface area contributed by atoms with Crippen LogP contribution in [0.15, 0.2) is 30.3 Å². The molecule has 2 aromatic carbocycles. The van der Waals surface area contributed by atoms with Crippen molar-refractivity contribution in [3.63, 3.8) is 0 Å². The maximum atomic E-state index is 11.8. The lowest BCUT2D eigenvalue weighted by Gasteiger charge is -2.37. The van der Waals surface area contributed by atoms with Crippen molar-refractivity contribution in [3.8, 4) is 28.7 Å². The molecule has 0 bridgehead atoms. The maximum Gasteiger partial charge on any atom is 0.306 e. The molecule has 0 aromatic heterocycles. The summed E-state index contributed by atoms with van der Waals surface area (Å²) in [5.74, 6) is -2.66. The Morgan fingerprint density at radius 2 is 1.81 bits per heavy atom. The van der Waals surface area contributed by atoms with E-state index in [4.69, 9.17) is 4.74 Å². The van der Waals surface area contributed by atoms with Crippen molar-refractivity contribution in [3.05, 3.63) is 41.5 Å². The Labute approximate surface area is 148 Å². The molecule has 3 atom stereocenters. The molecule has 1 aliphatic rings. The molecule has 0 aliphatic carbocycles. The SMILES string of the molecule is COC(=O)CC1c2c(O)cc(O)cc2OC(c2ccc(O)c(O)c2)C1O. The largest absolute Gasteiger partial charge is 0.508 e. The highest BCUT2D eigenvalue weighted by molar-refractivity contribution is 5.71. The van der Waals surface area contributed by atoms with Gasteiger partial charge in [0.2, 0.25) is 0 Å². The average molecular weight is 362 g/mol. The number of hydrogen-bond donors (Lipinski definition) is 5. The van der Waals surface area contributed by atoms with Gasteiger partial charge in [0.25, 0.3) is 0 Å². The minimum atomic E-state index is -1.26. The summed E-state index contributed by atoms with van der Waals surface area (Å²) in [5, 5.41) is 49.8. The molecule has 0 fully saturated rings. The van der Waals surface area contributed by atoms with E-state index in [1.54, 1.807) is 0 Å². The summed E-state index contributed by atoms with van der Waals surface area (Å²) in [6, 6.07) is 6.27. The lowest BCUT2D eigenvalue weighted by atomic mass is 9.82. The van der Waals surface area contributed by atoms with Crippen molar-refractivity contribution in [2.24, 2.45) is 0 Å².